The van der Waals surface area contributed by atoms with Crippen molar-refractivity contribution in [1.29, 1.82) is 0 Å². The van der Waals surface area contributed by atoms with Crippen LogP contribution in [0.2, 0.25) is 0 Å². The Bertz CT molecular complexity index is 663. The summed E-state index contributed by atoms with van der Waals surface area (Å²) in [4.78, 5) is 23.3. The number of hydrogen-bond acceptors (Lipinski definition) is 5. The molecule has 25 heavy (non-hydrogen) atoms. The van der Waals surface area contributed by atoms with Gasteiger partial charge in [0.1, 0.15) is 11.9 Å². The first kappa shape index (κ1) is 19.5. The second-order valence-electron chi connectivity index (χ2n) is 8.22. The highest BCUT2D eigenvalue weighted by molar-refractivity contribution is 6.62. The number of carbonyl (C=O) groups is 2. The van der Waals surface area contributed by atoms with Crippen molar-refractivity contribution in [3.05, 3.63) is 23.8 Å². The van der Waals surface area contributed by atoms with Gasteiger partial charge in [-0.15, -0.1) is 0 Å². The third-order valence-corrected chi connectivity index (χ3v) is 4.28. The Kier molecular flexibility index (Phi) is 5.03. The maximum Gasteiger partial charge on any atom is 0.494 e. The fourth-order valence-corrected chi connectivity index (χ4v) is 2.35. The second-order valence-corrected chi connectivity index (χ2v) is 8.22. The molecule has 1 aliphatic heterocycles. The van der Waals surface area contributed by atoms with Gasteiger partial charge < -0.3 is 14.0 Å². The zero-order valence-corrected chi connectivity index (χ0v) is 15.9. The molecule has 0 aromatic heterocycles. The minimum absolute atomic E-state index is 0.415. The van der Waals surface area contributed by atoms with E-state index in [0.29, 0.717) is 16.7 Å². The lowest BCUT2D eigenvalue weighted by Gasteiger charge is -2.32. The number of amides is 1. The molecule has 1 fully saturated rings. The van der Waals surface area contributed by atoms with Crippen molar-refractivity contribution in [2.24, 2.45) is 0 Å². The Morgan fingerprint density at radius 2 is 1.68 bits per heavy atom. The van der Waals surface area contributed by atoms with E-state index in [2.05, 4.69) is 5.32 Å². The summed E-state index contributed by atoms with van der Waals surface area (Å²) >= 11 is 0. The second kappa shape index (κ2) is 6.46. The molecule has 0 saturated carbocycles. The van der Waals surface area contributed by atoms with Crippen LogP contribution in [0.3, 0.4) is 0 Å². The van der Waals surface area contributed by atoms with Gasteiger partial charge in [-0.05, 0) is 66.1 Å². The summed E-state index contributed by atoms with van der Waals surface area (Å²) in [7, 11) is -0.621. The SMILES string of the molecule is CC(C)(C)OC(=O)Nc1cc(C=O)cc(B2OC(C)(C)C(C)(C)O2)c1. The van der Waals surface area contributed by atoms with Crippen molar-refractivity contribution in [1.82, 2.24) is 0 Å². The number of rotatable bonds is 3. The van der Waals surface area contributed by atoms with Gasteiger partial charge in [0, 0.05) is 11.3 Å². The van der Waals surface area contributed by atoms with Crippen LogP contribution in [0.1, 0.15) is 58.8 Å². The van der Waals surface area contributed by atoms with Crippen LogP contribution in [0.15, 0.2) is 18.2 Å². The molecular formula is C18H26BNO5. The molecule has 1 aliphatic rings. The molecule has 6 nitrogen and oxygen atoms in total. The zero-order chi connectivity index (χ0) is 19.0. The molecule has 1 amide bonds. The van der Waals surface area contributed by atoms with E-state index in [4.69, 9.17) is 14.0 Å². The summed E-state index contributed by atoms with van der Waals surface area (Å²) < 4.78 is 17.3. The summed E-state index contributed by atoms with van der Waals surface area (Å²) in [5.41, 5.74) is -0.0709. The van der Waals surface area contributed by atoms with Crippen LogP contribution >= 0.6 is 0 Å². The minimum atomic E-state index is -0.621. The van der Waals surface area contributed by atoms with Crippen LogP contribution in [0, 0.1) is 0 Å². The smallest absolute Gasteiger partial charge is 0.444 e. The lowest BCUT2D eigenvalue weighted by molar-refractivity contribution is 0.00578. The van der Waals surface area contributed by atoms with Gasteiger partial charge in [0.05, 0.1) is 11.2 Å². The topological polar surface area (TPSA) is 73.9 Å². The molecule has 2 rings (SSSR count). The molecule has 1 aromatic rings. The molecule has 0 unspecified atom stereocenters. The van der Waals surface area contributed by atoms with Crippen molar-refractivity contribution < 1.29 is 23.6 Å². The summed E-state index contributed by atoms with van der Waals surface area (Å²) in [5, 5.41) is 2.65. The number of hydrogen-bond donors (Lipinski definition) is 1. The summed E-state index contributed by atoms with van der Waals surface area (Å²) in [6.07, 6.45) is 0.130. The average molecular weight is 347 g/mol. The Morgan fingerprint density at radius 1 is 1.12 bits per heavy atom. The molecule has 0 atom stereocenters. The average Bonchev–Trinajstić information content (AvgIpc) is 2.65. The maximum atomic E-state index is 12.0. The first-order valence-electron chi connectivity index (χ1n) is 8.29. The molecule has 0 bridgehead atoms. The van der Waals surface area contributed by atoms with E-state index >= 15 is 0 Å². The van der Waals surface area contributed by atoms with E-state index in [-0.39, 0.29) is 0 Å². The van der Waals surface area contributed by atoms with Crippen molar-refractivity contribution in [3.63, 3.8) is 0 Å². The van der Waals surface area contributed by atoms with Crippen molar-refractivity contribution in [3.8, 4) is 0 Å². The minimum Gasteiger partial charge on any atom is -0.444 e. The number of anilines is 1. The van der Waals surface area contributed by atoms with Crippen LogP contribution in [0.25, 0.3) is 0 Å². The van der Waals surface area contributed by atoms with Crippen molar-refractivity contribution in [2.45, 2.75) is 65.3 Å². The van der Waals surface area contributed by atoms with Gasteiger partial charge in [-0.3, -0.25) is 10.1 Å². The normalized spacial score (nSPS) is 18.8. The van der Waals surface area contributed by atoms with Crippen molar-refractivity contribution >= 4 is 30.6 Å². The maximum absolute atomic E-state index is 12.0. The zero-order valence-electron chi connectivity index (χ0n) is 15.9. The number of carbonyl (C=O) groups excluding carboxylic acids is 2. The molecular weight excluding hydrogens is 321 g/mol. The number of benzene rings is 1. The Morgan fingerprint density at radius 3 is 2.16 bits per heavy atom. The van der Waals surface area contributed by atoms with E-state index < -0.39 is 30.0 Å². The van der Waals surface area contributed by atoms with Gasteiger partial charge in [-0.2, -0.15) is 0 Å². The van der Waals surface area contributed by atoms with Gasteiger partial charge in [-0.25, -0.2) is 4.79 Å². The highest BCUT2D eigenvalue weighted by atomic mass is 16.7. The third kappa shape index (κ3) is 4.61. The third-order valence-electron chi connectivity index (χ3n) is 4.28. The largest absolute Gasteiger partial charge is 0.494 e. The molecule has 0 aliphatic carbocycles. The van der Waals surface area contributed by atoms with Gasteiger partial charge in [-0.1, -0.05) is 6.07 Å². The monoisotopic (exact) mass is 347 g/mol. The van der Waals surface area contributed by atoms with Crippen LogP contribution in [-0.4, -0.2) is 36.3 Å². The Balaban J connectivity index is 2.26. The lowest BCUT2D eigenvalue weighted by Crippen LogP contribution is -2.41. The van der Waals surface area contributed by atoms with Crippen LogP contribution in [0.4, 0.5) is 10.5 Å². The van der Waals surface area contributed by atoms with E-state index in [1.165, 1.54) is 0 Å². The Labute approximate surface area is 149 Å². The quantitative estimate of drug-likeness (QED) is 0.672. The summed E-state index contributed by atoms with van der Waals surface area (Å²) in [6, 6.07) is 4.99. The van der Waals surface area contributed by atoms with E-state index in [1.54, 1.807) is 39.0 Å². The van der Waals surface area contributed by atoms with E-state index in [9.17, 15) is 9.59 Å². The molecule has 136 valence electrons. The Hall–Kier alpha value is -1.86. The lowest BCUT2D eigenvalue weighted by atomic mass is 9.78. The van der Waals surface area contributed by atoms with Crippen LogP contribution in [0.5, 0.6) is 0 Å². The van der Waals surface area contributed by atoms with Gasteiger partial charge in [0.2, 0.25) is 0 Å². The van der Waals surface area contributed by atoms with Gasteiger partial charge >= 0.3 is 13.2 Å². The molecule has 1 N–H and O–H groups in total. The van der Waals surface area contributed by atoms with Crippen LogP contribution < -0.4 is 10.8 Å². The van der Waals surface area contributed by atoms with Gasteiger partial charge in [0.15, 0.2) is 0 Å². The standard InChI is InChI=1S/C18H26BNO5/c1-16(2,3)23-15(22)20-14-9-12(11-21)8-13(10-14)19-24-17(4,5)18(6,7)25-19/h8-11H,1-7H3,(H,20,22). The molecule has 1 aromatic carbocycles. The highest BCUT2D eigenvalue weighted by Gasteiger charge is 2.51. The summed E-state index contributed by atoms with van der Waals surface area (Å²) in [6.45, 7) is 13.2. The van der Waals surface area contributed by atoms with E-state index in [1.807, 2.05) is 27.7 Å². The molecule has 7 heteroatoms. The number of aldehydes is 1. The first-order chi connectivity index (χ1) is 11.3. The molecule has 1 saturated heterocycles. The fourth-order valence-electron chi connectivity index (χ4n) is 2.35. The number of ether oxygens (including phenoxy) is 1. The number of nitrogens with one attached hydrogen (secondary N) is 1. The highest BCUT2D eigenvalue weighted by Crippen LogP contribution is 2.36. The first-order valence-corrected chi connectivity index (χ1v) is 8.29. The molecule has 0 spiro atoms. The van der Waals surface area contributed by atoms with Crippen molar-refractivity contribution in [2.75, 3.05) is 5.32 Å². The van der Waals surface area contributed by atoms with Crippen LogP contribution in [-0.2, 0) is 14.0 Å². The predicted molar refractivity (Wildman–Crippen MR) is 97.4 cm³/mol. The van der Waals surface area contributed by atoms with Gasteiger partial charge in [0.25, 0.3) is 0 Å². The predicted octanol–water partition coefficient (Wildman–Crippen LogP) is 3.15. The fraction of sp³-hybridized carbons (Fsp3) is 0.556. The van der Waals surface area contributed by atoms with E-state index in [0.717, 1.165) is 6.29 Å². The molecule has 0 radical (unpaired) electrons. The molecule has 1 heterocycles. The summed E-state index contributed by atoms with van der Waals surface area (Å²) in [5.74, 6) is 0.